The van der Waals surface area contributed by atoms with E-state index >= 15 is 0 Å². The number of carbonyl (C=O) groups is 2. The molecule has 3 rings (SSSR count). The van der Waals surface area contributed by atoms with Crippen LogP contribution in [0, 0.1) is 6.92 Å². The highest BCUT2D eigenvalue weighted by atomic mass is 16.5. The van der Waals surface area contributed by atoms with Gasteiger partial charge in [0.15, 0.2) is 12.6 Å². The van der Waals surface area contributed by atoms with Crippen LogP contribution < -0.4 is 14.2 Å². The summed E-state index contributed by atoms with van der Waals surface area (Å²) in [6.07, 6.45) is 1.63. The molecule has 3 aromatic carbocycles. The Balaban J connectivity index is 0.000000194. The molecule has 5 heteroatoms. The lowest BCUT2D eigenvalue weighted by molar-refractivity contribution is 0.111. The molecule has 0 spiro atoms. The predicted molar refractivity (Wildman–Crippen MR) is 106 cm³/mol. The first-order valence-electron chi connectivity index (χ1n) is 8.28. The second-order valence-corrected chi connectivity index (χ2v) is 5.65. The van der Waals surface area contributed by atoms with E-state index in [9.17, 15) is 9.59 Å². The third-order valence-electron chi connectivity index (χ3n) is 4.20. The number of carbonyl (C=O) groups excluding carboxylic acids is 2. The molecule has 0 atom stereocenters. The Morgan fingerprint density at radius 3 is 1.78 bits per heavy atom. The quantitative estimate of drug-likeness (QED) is 0.623. The van der Waals surface area contributed by atoms with Gasteiger partial charge in [-0.3, -0.25) is 9.59 Å². The average molecular weight is 366 g/mol. The number of benzene rings is 3. The van der Waals surface area contributed by atoms with E-state index in [0.29, 0.717) is 16.9 Å². The van der Waals surface area contributed by atoms with Gasteiger partial charge in [-0.2, -0.15) is 0 Å². The highest BCUT2D eigenvalue weighted by Gasteiger charge is 2.09. The summed E-state index contributed by atoms with van der Waals surface area (Å²) in [6.45, 7) is 1.85. The van der Waals surface area contributed by atoms with Crippen LogP contribution in [-0.4, -0.2) is 33.9 Å². The molecule has 0 bridgehead atoms. The lowest BCUT2D eigenvalue weighted by Gasteiger charge is -2.10. The van der Waals surface area contributed by atoms with E-state index in [1.807, 2.05) is 37.3 Å². The van der Waals surface area contributed by atoms with Gasteiger partial charge >= 0.3 is 0 Å². The van der Waals surface area contributed by atoms with Gasteiger partial charge in [0, 0.05) is 16.5 Å². The summed E-state index contributed by atoms with van der Waals surface area (Å²) in [7, 11) is 4.75. The first kappa shape index (κ1) is 20.0. The summed E-state index contributed by atoms with van der Waals surface area (Å²) in [6, 6.07) is 14.7. The number of ether oxygens (including phenoxy) is 3. The van der Waals surface area contributed by atoms with Gasteiger partial charge in [-0.05, 0) is 36.6 Å². The van der Waals surface area contributed by atoms with Crippen molar-refractivity contribution in [2.75, 3.05) is 21.3 Å². The van der Waals surface area contributed by atoms with Crippen LogP contribution in [0.2, 0.25) is 0 Å². The molecule has 0 N–H and O–H groups in total. The molecule has 3 aromatic rings. The van der Waals surface area contributed by atoms with Crippen molar-refractivity contribution in [1.82, 2.24) is 0 Å². The van der Waals surface area contributed by atoms with Crippen molar-refractivity contribution in [3.05, 3.63) is 65.2 Å². The molecular weight excluding hydrogens is 344 g/mol. The molecule has 140 valence electrons. The Hall–Kier alpha value is -3.34. The number of fused-ring (bicyclic) bond motifs is 1. The maximum absolute atomic E-state index is 10.8. The highest BCUT2D eigenvalue weighted by molar-refractivity contribution is 6.00. The zero-order valence-corrected chi connectivity index (χ0v) is 15.8. The van der Waals surface area contributed by atoms with Crippen molar-refractivity contribution >= 4 is 23.3 Å². The molecule has 0 saturated carbocycles. The third kappa shape index (κ3) is 4.26. The van der Waals surface area contributed by atoms with Crippen molar-refractivity contribution < 1.29 is 23.8 Å². The largest absolute Gasteiger partial charge is 0.496 e. The molecule has 0 fully saturated rings. The van der Waals surface area contributed by atoms with E-state index in [2.05, 4.69) is 0 Å². The van der Waals surface area contributed by atoms with Crippen molar-refractivity contribution in [2.45, 2.75) is 6.92 Å². The maximum Gasteiger partial charge on any atom is 0.153 e. The van der Waals surface area contributed by atoms with Gasteiger partial charge in [0.05, 0.1) is 26.9 Å². The second-order valence-electron chi connectivity index (χ2n) is 5.65. The second kappa shape index (κ2) is 9.38. The molecule has 0 aliphatic carbocycles. The molecular formula is C22H22O5. The molecule has 0 heterocycles. The zero-order valence-electron chi connectivity index (χ0n) is 15.8. The van der Waals surface area contributed by atoms with Crippen molar-refractivity contribution in [1.29, 1.82) is 0 Å². The number of hydrogen-bond donors (Lipinski definition) is 0. The van der Waals surface area contributed by atoms with Crippen LogP contribution in [-0.2, 0) is 0 Å². The Morgan fingerprint density at radius 2 is 1.22 bits per heavy atom. The number of methoxy groups -OCH3 is 3. The highest BCUT2D eigenvalue weighted by Crippen LogP contribution is 2.30. The monoisotopic (exact) mass is 366 g/mol. The molecule has 0 amide bonds. The van der Waals surface area contributed by atoms with Crippen LogP contribution in [0.25, 0.3) is 10.8 Å². The van der Waals surface area contributed by atoms with Crippen molar-refractivity contribution in [3.63, 3.8) is 0 Å². The molecule has 0 radical (unpaired) electrons. The van der Waals surface area contributed by atoms with Gasteiger partial charge in [-0.25, -0.2) is 0 Å². The van der Waals surface area contributed by atoms with Crippen molar-refractivity contribution in [2.24, 2.45) is 0 Å². The number of aldehydes is 2. The van der Waals surface area contributed by atoms with Crippen LogP contribution in [0.15, 0.2) is 48.5 Å². The summed E-state index contributed by atoms with van der Waals surface area (Å²) in [5.74, 6) is 2.10. The number of hydrogen-bond acceptors (Lipinski definition) is 5. The van der Waals surface area contributed by atoms with Crippen LogP contribution >= 0.6 is 0 Å². The van der Waals surface area contributed by atoms with Gasteiger partial charge in [0.25, 0.3) is 0 Å². The molecule has 0 aromatic heterocycles. The van der Waals surface area contributed by atoms with Gasteiger partial charge in [-0.15, -0.1) is 0 Å². The zero-order chi connectivity index (χ0) is 19.8. The standard InChI is InChI=1S/C12H10O2.C10H12O3/c1-14-12-7-6-9(8-13)10-4-2-3-5-11(10)12;1-7-9(12-2)5-4-8(6-11)10(7)13-3/h2-8H,1H3;4-6H,1-3H3. The lowest BCUT2D eigenvalue weighted by atomic mass is 10.0. The molecule has 0 aliphatic rings. The van der Waals surface area contributed by atoms with Crippen LogP contribution in [0.4, 0.5) is 0 Å². The van der Waals surface area contributed by atoms with Gasteiger partial charge in [-0.1, -0.05) is 24.3 Å². The molecule has 27 heavy (non-hydrogen) atoms. The first-order valence-corrected chi connectivity index (χ1v) is 8.28. The fraction of sp³-hybridized carbons (Fsp3) is 0.182. The maximum atomic E-state index is 10.8. The summed E-state index contributed by atoms with van der Waals surface area (Å²) >= 11 is 0. The van der Waals surface area contributed by atoms with Gasteiger partial charge in [0.1, 0.15) is 17.2 Å². The van der Waals surface area contributed by atoms with Gasteiger partial charge < -0.3 is 14.2 Å². The van der Waals surface area contributed by atoms with Crippen molar-refractivity contribution in [3.8, 4) is 17.2 Å². The van der Waals surface area contributed by atoms with E-state index in [0.717, 1.165) is 40.4 Å². The average Bonchev–Trinajstić information content (AvgIpc) is 2.73. The van der Waals surface area contributed by atoms with Crippen LogP contribution in [0.3, 0.4) is 0 Å². The number of rotatable bonds is 5. The first-order chi connectivity index (χ1) is 13.1. The molecule has 0 aliphatic heterocycles. The minimum absolute atomic E-state index is 0.542. The summed E-state index contributed by atoms with van der Waals surface area (Å²) < 4.78 is 15.4. The Labute approximate surface area is 158 Å². The third-order valence-corrected chi connectivity index (χ3v) is 4.20. The minimum Gasteiger partial charge on any atom is -0.496 e. The Bertz CT molecular complexity index is 947. The van der Waals surface area contributed by atoms with Crippen LogP contribution in [0.1, 0.15) is 26.3 Å². The van der Waals surface area contributed by atoms with Gasteiger partial charge in [0.2, 0.25) is 0 Å². The fourth-order valence-corrected chi connectivity index (χ4v) is 2.85. The van der Waals surface area contributed by atoms with E-state index in [1.54, 1.807) is 32.4 Å². The van der Waals surface area contributed by atoms with Crippen LogP contribution in [0.5, 0.6) is 17.2 Å². The normalized spacial score (nSPS) is 9.78. The molecule has 0 saturated heterocycles. The summed E-state index contributed by atoms with van der Waals surface area (Å²) in [4.78, 5) is 21.4. The Morgan fingerprint density at radius 1 is 0.667 bits per heavy atom. The summed E-state index contributed by atoms with van der Waals surface area (Å²) in [5, 5.41) is 1.90. The molecule has 0 unspecified atom stereocenters. The molecule has 5 nitrogen and oxygen atoms in total. The topological polar surface area (TPSA) is 61.8 Å². The van der Waals surface area contributed by atoms with E-state index in [4.69, 9.17) is 14.2 Å². The smallest absolute Gasteiger partial charge is 0.153 e. The van der Waals surface area contributed by atoms with E-state index in [-0.39, 0.29) is 0 Å². The minimum atomic E-state index is 0.542. The predicted octanol–water partition coefficient (Wildman–Crippen LogP) is 4.49. The lowest BCUT2D eigenvalue weighted by Crippen LogP contribution is -1.96. The van der Waals surface area contributed by atoms with E-state index < -0.39 is 0 Å². The SMILES string of the molecule is COc1ccc(C=O)c(OC)c1C.COc1ccc(C=O)c2ccccc12. The van der Waals surface area contributed by atoms with E-state index in [1.165, 1.54) is 7.11 Å². The Kier molecular flexibility index (Phi) is 6.94. The summed E-state index contributed by atoms with van der Waals surface area (Å²) in [5.41, 5.74) is 2.08. The fourth-order valence-electron chi connectivity index (χ4n) is 2.85.